The number of aliphatic hydroxyl groups excluding tert-OH is 1. The van der Waals surface area contributed by atoms with Crippen LogP contribution in [-0.2, 0) is 4.79 Å². The van der Waals surface area contributed by atoms with Crippen LogP contribution in [0.3, 0.4) is 0 Å². The molecule has 0 aromatic heterocycles. The molecule has 0 aliphatic carbocycles. The van der Waals surface area contributed by atoms with Gasteiger partial charge in [0, 0.05) is 0 Å². The summed E-state index contributed by atoms with van der Waals surface area (Å²) in [5.41, 5.74) is -1.48. The van der Waals surface area contributed by atoms with Gasteiger partial charge in [-0.15, -0.1) is 0 Å². The van der Waals surface area contributed by atoms with E-state index in [1.165, 1.54) is 0 Å². The molecular weight excluding hydrogens is 316 g/mol. The van der Waals surface area contributed by atoms with E-state index >= 15 is 0 Å². The van der Waals surface area contributed by atoms with Crippen molar-refractivity contribution >= 4 is 29.6 Å². The summed E-state index contributed by atoms with van der Waals surface area (Å²) in [5, 5.41) is 23.2. The Morgan fingerprint density at radius 1 is 0.667 bits per heavy atom. The highest BCUT2D eigenvalue weighted by molar-refractivity contribution is 7.13. The van der Waals surface area contributed by atoms with Crippen molar-refractivity contribution in [1.29, 1.82) is 0 Å². The van der Waals surface area contributed by atoms with Gasteiger partial charge in [-0.3, -0.25) is 0 Å². The number of carboxylic acids is 1. The summed E-state index contributed by atoms with van der Waals surface area (Å²) in [6.07, 6.45) is 0. The van der Waals surface area contributed by atoms with Crippen LogP contribution in [0.2, 0.25) is 0 Å². The molecule has 3 aromatic rings. The number of hydrogen-bond acceptors (Lipinski definition) is 2. The molecule has 0 fully saturated rings. The maximum Gasteiger partial charge on any atom is 0.330 e. The molecule has 24 heavy (non-hydrogen) atoms. The SMILES string of the molecule is O=C(O)C(O)[Si](c1ccccc1)(c1ccccc1)c1ccccc1. The van der Waals surface area contributed by atoms with Crippen molar-refractivity contribution in [3.05, 3.63) is 91.0 Å². The van der Waals surface area contributed by atoms with Crippen molar-refractivity contribution in [3.63, 3.8) is 0 Å². The van der Waals surface area contributed by atoms with E-state index in [4.69, 9.17) is 0 Å². The van der Waals surface area contributed by atoms with Crippen LogP contribution in [0.5, 0.6) is 0 Å². The maximum absolute atomic E-state index is 11.9. The Morgan fingerprint density at radius 2 is 0.958 bits per heavy atom. The topological polar surface area (TPSA) is 57.5 Å². The number of aliphatic hydroxyl groups is 1. The summed E-state index contributed by atoms with van der Waals surface area (Å²) >= 11 is 0. The van der Waals surface area contributed by atoms with Gasteiger partial charge in [0.1, 0.15) is 0 Å². The molecule has 0 amide bonds. The van der Waals surface area contributed by atoms with E-state index in [9.17, 15) is 15.0 Å². The lowest BCUT2D eigenvalue weighted by Crippen LogP contribution is -2.76. The predicted octanol–water partition coefficient (Wildman–Crippen LogP) is 1.14. The number of aliphatic carboxylic acids is 1. The minimum Gasteiger partial charge on any atom is -0.480 e. The van der Waals surface area contributed by atoms with Gasteiger partial charge in [-0.05, 0) is 15.6 Å². The number of carboxylic acid groups (broad SMARTS) is 1. The van der Waals surface area contributed by atoms with Crippen molar-refractivity contribution in [2.24, 2.45) is 0 Å². The normalized spacial score (nSPS) is 12.5. The van der Waals surface area contributed by atoms with E-state index in [-0.39, 0.29) is 0 Å². The Morgan fingerprint density at radius 3 is 1.21 bits per heavy atom. The molecule has 0 aliphatic heterocycles. The Kier molecular flexibility index (Phi) is 4.60. The molecule has 0 aliphatic rings. The molecule has 0 saturated carbocycles. The van der Waals surface area contributed by atoms with Gasteiger partial charge in [-0.25, -0.2) is 4.79 Å². The van der Waals surface area contributed by atoms with Crippen LogP contribution in [0, 0.1) is 0 Å². The molecule has 0 radical (unpaired) electrons. The number of hydrogen-bond donors (Lipinski definition) is 2. The van der Waals surface area contributed by atoms with Gasteiger partial charge in [-0.2, -0.15) is 0 Å². The molecule has 0 saturated heterocycles. The third-order valence-electron chi connectivity index (χ3n) is 4.33. The molecule has 4 heteroatoms. The van der Waals surface area contributed by atoms with E-state index < -0.39 is 19.8 Å². The first kappa shape index (κ1) is 16.2. The average Bonchev–Trinajstić information content (AvgIpc) is 2.65. The minimum atomic E-state index is -3.13. The standard InChI is InChI=1S/C20H18O3Si/c21-19(22)20(23)24(16-10-4-1-5-11-16,17-12-6-2-7-13-17)18-14-8-3-9-15-18/h1-15,20,23H,(H,21,22). The smallest absolute Gasteiger partial charge is 0.330 e. The highest BCUT2D eigenvalue weighted by atomic mass is 28.3. The summed E-state index contributed by atoms with van der Waals surface area (Å²) in [5.74, 6) is -1.20. The van der Waals surface area contributed by atoms with Crippen LogP contribution >= 0.6 is 0 Å². The van der Waals surface area contributed by atoms with Gasteiger partial charge in [0.25, 0.3) is 0 Å². The number of carbonyl (C=O) groups is 1. The van der Waals surface area contributed by atoms with E-state index in [2.05, 4.69) is 0 Å². The maximum atomic E-state index is 11.9. The average molecular weight is 334 g/mol. The monoisotopic (exact) mass is 334 g/mol. The van der Waals surface area contributed by atoms with E-state index in [1.807, 2.05) is 91.0 Å². The molecule has 0 bridgehead atoms. The fraction of sp³-hybridized carbons (Fsp3) is 0.0500. The summed E-state index contributed by atoms with van der Waals surface area (Å²) < 4.78 is 0. The summed E-state index contributed by atoms with van der Waals surface area (Å²) in [6, 6.07) is 28.5. The lowest BCUT2D eigenvalue weighted by molar-refractivity contribution is -0.142. The highest BCUT2D eigenvalue weighted by Crippen LogP contribution is 2.13. The second-order valence-electron chi connectivity index (χ2n) is 5.65. The first-order valence-corrected chi connectivity index (χ1v) is 9.82. The Hall–Kier alpha value is -2.69. The number of rotatable bonds is 5. The fourth-order valence-corrected chi connectivity index (χ4v) is 7.73. The Balaban J connectivity index is 2.39. The first-order chi connectivity index (χ1) is 11.7. The molecule has 2 N–H and O–H groups in total. The van der Waals surface area contributed by atoms with Crippen molar-refractivity contribution in [3.8, 4) is 0 Å². The predicted molar refractivity (Wildman–Crippen MR) is 97.6 cm³/mol. The van der Waals surface area contributed by atoms with Gasteiger partial charge < -0.3 is 10.2 Å². The van der Waals surface area contributed by atoms with Gasteiger partial charge in [0.15, 0.2) is 13.8 Å². The van der Waals surface area contributed by atoms with Crippen LogP contribution in [0.15, 0.2) is 91.0 Å². The molecule has 3 rings (SSSR count). The molecule has 0 spiro atoms. The highest BCUT2D eigenvalue weighted by Gasteiger charge is 2.49. The molecule has 1 atom stereocenters. The fourth-order valence-electron chi connectivity index (χ4n) is 3.26. The largest absolute Gasteiger partial charge is 0.480 e. The lowest BCUT2D eigenvalue weighted by atomic mass is 10.3. The van der Waals surface area contributed by atoms with Crippen LogP contribution < -0.4 is 15.6 Å². The Bertz CT molecular complexity index is 707. The van der Waals surface area contributed by atoms with Gasteiger partial charge in [0.2, 0.25) is 0 Å². The Labute approximate surface area is 141 Å². The van der Waals surface area contributed by atoms with Crippen molar-refractivity contribution in [2.75, 3.05) is 0 Å². The van der Waals surface area contributed by atoms with Crippen molar-refractivity contribution in [2.45, 2.75) is 5.73 Å². The quantitative estimate of drug-likeness (QED) is 0.543. The molecule has 3 aromatic carbocycles. The van der Waals surface area contributed by atoms with Crippen LogP contribution in [-0.4, -0.2) is 30.0 Å². The van der Waals surface area contributed by atoms with Crippen LogP contribution in [0.1, 0.15) is 0 Å². The van der Waals surface area contributed by atoms with Crippen molar-refractivity contribution < 1.29 is 15.0 Å². The molecule has 120 valence electrons. The van der Waals surface area contributed by atoms with E-state index in [0.717, 1.165) is 15.6 Å². The molecule has 3 nitrogen and oxygen atoms in total. The summed E-state index contributed by atoms with van der Waals surface area (Å²) in [7, 11) is -3.13. The molecule has 1 unspecified atom stereocenters. The van der Waals surface area contributed by atoms with Gasteiger partial charge in [0.05, 0.1) is 0 Å². The van der Waals surface area contributed by atoms with Crippen LogP contribution in [0.25, 0.3) is 0 Å². The van der Waals surface area contributed by atoms with Crippen LogP contribution in [0.4, 0.5) is 0 Å². The third-order valence-corrected chi connectivity index (χ3v) is 9.13. The zero-order valence-corrected chi connectivity index (χ0v) is 14.0. The minimum absolute atomic E-state index is 0.872. The summed E-state index contributed by atoms with van der Waals surface area (Å²) in [6.45, 7) is 0. The van der Waals surface area contributed by atoms with Gasteiger partial charge in [-0.1, -0.05) is 91.0 Å². The second-order valence-corrected chi connectivity index (χ2v) is 9.54. The van der Waals surface area contributed by atoms with E-state index in [0.29, 0.717) is 0 Å². The zero-order chi connectivity index (χ0) is 17.0. The molecule has 0 heterocycles. The molecular formula is C20H18O3Si. The van der Waals surface area contributed by atoms with Gasteiger partial charge >= 0.3 is 5.97 Å². The first-order valence-electron chi connectivity index (χ1n) is 7.75. The third kappa shape index (κ3) is 2.66. The lowest BCUT2D eigenvalue weighted by Gasteiger charge is -2.35. The zero-order valence-electron chi connectivity index (χ0n) is 13.0. The van der Waals surface area contributed by atoms with E-state index in [1.54, 1.807) is 0 Å². The second kappa shape index (κ2) is 6.82. The van der Waals surface area contributed by atoms with Crippen molar-refractivity contribution in [1.82, 2.24) is 0 Å². The summed E-state index contributed by atoms with van der Waals surface area (Å²) in [4.78, 5) is 11.9. The number of benzene rings is 3.